The molecule has 0 heterocycles. The standard InChI is InChI=1S/C11H13NOS/c1-11(6-7-11)12-10(13)8-4-2-3-5-9(8)14/h2-5,14H,6-7H2,1H3,(H,12,13). The fourth-order valence-corrected chi connectivity index (χ4v) is 1.58. The third-order valence-electron chi connectivity index (χ3n) is 2.56. The Morgan fingerprint density at radius 1 is 1.43 bits per heavy atom. The normalized spacial score (nSPS) is 17.6. The van der Waals surface area contributed by atoms with Crippen molar-refractivity contribution < 1.29 is 4.79 Å². The first kappa shape index (κ1) is 9.59. The lowest BCUT2D eigenvalue weighted by atomic mass is 10.2. The molecule has 1 fully saturated rings. The minimum Gasteiger partial charge on any atom is -0.347 e. The molecule has 0 aliphatic heterocycles. The van der Waals surface area contributed by atoms with Gasteiger partial charge in [0, 0.05) is 10.4 Å². The number of nitrogens with one attached hydrogen (secondary N) is 1. The van der Waals surface area contributed by atoms with Crippen LogP contribution in [0, 0.1) is 0 Å². The quantitative estimate of drug-likeness (QED) is 0.716. The molecule has 3 heteroatoms. The average molecular weight is 207 g/mol. The van der Waals surface area contributed by atoms with Crippen molar-refractivity contribution in [2.45, 2.75) is 30.2 Å². The Morgan fingerprint density at radius 2 is 2.07 bits per heavy atom. The van der Waals surface area contributed by atoms with Crippen molar-refractivity contribution >= 4 is 18.5 Å². The lowest BCUT2D eigenvalue weighted by Gasteiger charge is -2.12. The second-order valence-corrected chi connectivity index (χ2v) is 4.51. The molecule has 0 radical (unpaired) electrons. The lowest BCUT2D eigenvalue weighted by Crippen LogP contribution is -2.34. The zero-order valence-electron chi connectivity index (χ0n) is 8.08. The molecule has 74 valence electrons. The van der Waals surface area contributed by atoms with Gasteiger partial charge in [-0.3, -0.25) is 4.79 Å². The second kappa shape index (κ2) is 3.31. The first-order valence-electron chi connectivity index (χ1n) is 4.71. The molecule has 1 aliphatic carbocycles. The molecule has 0 aromatic heterocycles. The highest BCUT2D eigenvalue weighted by atomic mass is 32.1. The van der Waals surface area contributed by atoms with Crippen LogP contribution in [0.15, 0.2) is 29.2 Å². The topological polar surface area (TPSA) is 29.1 Å². The maximum atomic E-state index is 11.8. The van der Waals surface area contributed by atoms with Crippen molar-refractivity contribution in [1.82, 2.24) is 5.32 Å². The first-order valence-corrected chi connectivity index (χ1v) is 5.16. The summed E-state index contributed by atoms with van der Waals surface area (Å²) in [6.45, 7) is 2.06. The van der Waals surface area contributed by atoms with Crippen molar-refractivity contribution in [1.29, 1.82) is 0 Å². The molecule has 0 bridgehead atoms. The minimum atomic E-state index is -0.0180. The van der Waals surface area contributed by atoms with Crippen LogP contribution in [0.1, 0.15) is 30.1 Å². The Morgan fingerprint density at radius 3 is 2.64 bits per heavy atom. The molecule has 1 aromatic rings. The Kier molecular flexibility index (Phi) is 2.27. The number of hydrogen-bond acceptors (Lipinski definition) is 2. The number of benzene rings is 1. The van der Waals surface area contributed by atoms with E-state index < -0.39 is 0 Å². The van der Waals surface area contributed by atoms with Crippen molar-refractivity contribution in [3.05, 3.63) is 29.8 Å². The summed E-state index contributed by atoms with van der Waals surface area (Å²) in [5, 5.41) is 3.00. The van der Waals surface area contributed by atoms with Gasteiger partial charge in [0.15, 0.2) is 0 Å². The Hall–Kier alpha value is -0.960. The molecular weight excluding hydrogens is 194 g/mol. The molecule has 1 aliphatic rings. The zero-order valence-corrected chi connectivity index (χ0v) is 8.97. The predicted octanol–water partition coefficient (Wildman–Crippen LogP) is 2.26. The fourth-order valence-electron chi connectivity index (χ4n) is 1.32. The van der Waals surface area contributed by atoms with E-state index in [1.807, 2.05) is 18.2 Å². The van der Waals surface area contributed by atoms with Crippen LogP contribution in [0.5, 0.6) is 0 Å². The van der Waals surface area contributed by atoms with E-state index in [-0.39, 0.29) is 11.4 Å². The first-order chi connectivity index (χ1) is 6.61. The van der Waals surface area contributed by atoms with Crippen LogP contribution in [0.2, 0.25) is 0 Å². The summed E-state index contributed by atoms with van der Waals surface area (Å²) >= 11 is 4.25. The largest absolute Gasteiger partial charge is 0.347 e. The van der Waals surface area contributed by atoms with Gasteiger partial charge in [0.25, 0.3) is 5.91 Å². The van der Waals surface area contributed by atoms with E-state index >= 15 is 0 Å². The Bertz CT molecular complexity index is 371. The Balaban J connectivity index is 2.15. The van der Waals surface area contributed by atoms with Crippen LogP contribution in [0.4, 0.5) is 0 Å². The van der Waals surface area contributed by atoms with Crippen molar-refractivity contribution in [2.24, 2.45) is 0 Å². The van der Waals surface area contributed by atoms with Crippen LogP contribution in [0.3, 0.4) is 0 Å². The van der Waals surface area contributed by atoms with Crippen LogP contribution in [-0.2, 0) is 0 Å². The third-order valence-corrected chi connectivity index (χ3v) is 2.95. The summed E-state index contributed by atoms with van der Waals surface area (Å²) in [6.07, 6.45) is 2.15. The molecule has 1 aromatic carbocycles. The third kappa shape index (κ3) is 1.93. The summed E-state index contributed by atoms with van der Waals surface area (Å²) in [6, 6.07) is 7.35. The average Bonchev–Trinajstić information content (AvgIpc) is 2.84. The van der Waals surface area contributed by atoms with Crippen molar-refractivity contribution in [2.75, 3.05) is 0 Å². The lowest BCUT2D eigenvalue weighted by molar-refractivity contribution is 0.0932. The van der Waals surface area contributed by atoms with Gasteiger partial charge in [-0.05, 0) is 31.9 Å². The van der Waals surface area contributed by atoms with Crippen LogP contribution in [0.25, 0.3) is 0 Å². The van der Waals surface area contributed by atoms with Crippen LogP contribution < -0.4 is 5.32 Å². The highest BCUT2D eigenvalue weighted by molar-refractivity contribution is 7.80. The number of hydrogen-bond donors (Lipinski definition) is 2. The van der Waals surface area contributed by atoms with E-state index in [0.717, 1.165) is 17.7 Å². The van der Waals surface area contributed by atoms with E-state index in [1.165, 1.54) is 0 Å². The number of amides is 1. The van der Waals surface area contributed by atoms with Gasteiger partial charge in [-0.1, -0.05) is 12.1 Å². The van der Waals surface area contributed by atoms with Gasteiger partial charge in [-0.2, -0.15) is 0 Å². The summed E-state index contributed by atoms with van der Waals surface area (Å²) in [5.41, 5.74) is 0.691. The van der Waals surface area contributed by atoms with Gasteiger partial charge >= 0.3 is 0 Å². The van der Waals surface area contributed by atoms with Gasteiger partial charge in [0.1, 0.15) is 0 Å². The maximum absolute atomic E-state index is 11.8. The van der Waals surface area contributed by atoms with E-state index in [2.05, 4.69) is 24.9 Å². The number of carbonyl (C=O) groups is 1. The van der Waals surface area contributed by atoms with Crippen LogP contribution in [-0.4, -0.2) is 11.4 Å². The van der Waals surface area contributed by atoms with Gasteiger partial charge < -0.3 is 5.32 Å². The van der Waals surface area contributed by atoms with E-state index in [9.17, 15) is 4.79 Å². The molecule has 0 unspecified atom stereocenters. The van der Waals surface area contributed by atoms with Gasteiger partial charge in [0.2, 0.25) is 0 Å². The van der Waals surface area contributed by atoms with Gasteiger partial charge in [0.05, 0.1) is 5.56 Å². The second-order valence-electron chi connectivity index (χ2n) is 4.03. The molecule has 0 spiro atoms. The molecule has 1 saturated carbocycles. The smallest absolute Gasteiger partial charge is 0.252 e. The molecule has 2 nitrogen and oxygen atoms in total. The summed E-state index contributed by atoms with van der Waals surface area (Å²) in [4.78, 5) is 12.5. The van der Waals surface area contributed by atoms with Gasteiger partial charge in [-0.25, -0.2) is 0 Å². The van der Waals surface area contributed by atoms with Gasteiger partial charge in [-0.15, -0.1) is 12.6 Å². The SMILES string of the molecule is CC1(NC(=O)c2ccccc2S)CC1. The Labute approximate surface area is 89.1 Å². The van der Waals surface area contributed by atoms with Crippen molar-refractivity contribution in [3.63, 3.8) is 0 Å². The summed E-state index contributed by atoms with van der Waals surface area (Å²) in [5.74, 6) is -0.0180. The summed E-state index contributed by atoms with van der Waals surface area (Å²) in [7, 11) is 0. The van der Waals surface area contributed by atoms with Crippen LogP contribution >= 0.6 is 12.6 Å². The zero-order chi connectivity index (χ0) is 10.2. The predicted molar refractivity (Wildman–Crippen MR) is 58.8 cm³/mol. The molecule has 1 amide bonds. The van der Waals surface area contributed by atoms with E-state index in [0.29, 0.717) is 5.56 Å². The number of carbonyl (C=O) groups excluding carboxylic acids is 1. The highest BCUT2D eigenvalue weighted by Gasteiger charge is 2.38. The van der Waals surface area contributed by atoms with Crippen molar-refractivity contribution in [3.8, 4) is 0 Å². The molecule has 2 rings (SSSR count). The maximum Gasteiger partial charge on any atom is 0.252 e. The van der Waals surface area contributed by atoms with E-state index in [4.69, 9.17) is 0 Å². The monoisotopic (exact) mass is 207 g/mol. The number of rotatable bonds is 2. The summed E-state index contributed by atoms with van der Waals surface area (Å²) < 4.78 is 0. The molecule has 14 heavy (non-hydrogen) atoms. The molecular formula is C11H13NOS. The molecule has 0 atom stereocenters. The highest BCUT2D eigenvalue weighted by Crippen LogP contribution is 2.34. The minimum absolute atomic E-state index is 0.0180. The molecule has 0 saturated heterocycles. The van der Waals surface area contributed by atoms with E-state index in [1.54, 1.807) is 6.07 Å². The molecule has 1 N–H and O–H groups in total. The fraction of sp³-hybridized carbons (Fsp3) is 0.364. The number of thiol groups is 1.